The second kappa shape index (κ2) is 12.9. The lowest BCUT2D eigenvalue weighted by Gasteiger charge is -2.52. The zero-order chi connectivity index (χ0) is 30.7. The van der Waals surface area contributed by atoms with Crippen molar-refractivity contribution in [1.82, 2.24) is 0 Å². The van der Waals surface area contributed by atoms with E-state index in [1.165, 1.54) is 11.1 Å². The fraction of sp³-hybridized carbons (Fsp3) is 0.632. The first-order valence-corrected chi connectivity index (χ1v) is 16.3. The Hall–Kier alpha value is -2.62. The van der Waals surface area contributed by atoms with Crippen molar-refractivity contribution in [2.45, 2.75) is 119 Å². The van der Waals surface area contributed by atoms with E-state index in [-0.39, 0.29) is 34.2 Å². The monoisotopic (exact) mass is 574 g/mol. The molecule has 42 heavy (non-hydrogen) atoms. The Balaban J connectivity index is 1.65. The van der Waals surface area contributed by atoms with E-state index in [2.05, 4.69) is 77.1 Å². The highest BCUT2D eigenvalue weighted by atomic mass is 16.5. The van der Waals surface area contributed by atoms with Crippen LogP contribution >= 0.6 is 0 Å². The fourth-order valence-electron chi connectivity index (χ4n) is 7.66. The van der Waals surface area contributed by atoms with E-state index >= 15 is 0 Å². The lowest BCUT2D eigenvalue weighted by Crippen LogP contribution is -2.49. The van der Waals surface area contributed by atoms with Gasteiger partial charge in [0.15, 0.2) is 0 Å². The van der Waals surface area contributed by atoms with Crippen molar-refractivity contribution in [3.63, 3.8) is 0 Å². The third kappa shape index (κ3) is 7.66. The molecule has 0 amide bonds. The second-order valence-corrected chi connectivity index (χ2v) is 14.8. The number of ether oxygens (including phenoxy) is 2. The summed E-state index contributed by atoms with van der Waals surface area (Å²) in [7, 11) is 0. The predicted octanol–water partition coefficient (Wildman–Crippen LogP) is 9.48. The number of carbonyl (C=O) groups excluding carboxylic acids is 2. The molecule has 0 N–H and O–H groups in total. The minimum absolute atomic E-state index is 0.0196. The Labute approximate surface area is 255 Å². The van der Waals surface area contributed by atoms with Crippen LogP contribution in [0.1, 0.15) is 129 Å². The van der Waals surface area contributed by atoms with Crippen molar-refractivity contribution in [2.75, 3.05) is 13.2 Å². The summed E-state index contributed by atoms with van der Waals surface area (Å²) in [6.07, 6.45) is 6.94. The average molecular weight is 575 g/mol. The molecule has 0 radical (unpaired) electrons. The van der Waals surface area contributed by atoms with Gasteiger partial charge in [0, 0.05) is 23.3 Å². The van der Waals surface area contributed by atoms with E-state index in [4.69, 9.17) is 9.47 Å². The number of hydrogen-bond acceptors (Lipinski definition) is 4. The Morgan fingerprint density at radius 3 is 2.02 bits per heavy atom. The van der Waals surface area contributed by atoms with Crippen LogP contribution < -0.4 is 9.47 Å². The van der Waals surface area contributed by atoms with E-state index in [0.29, 0.717) is 25.6 Å². The molecule has 4 heteroatoms. The van der Waals surface area contributed by atoms with Gasteiger partial charge < -0.3 is 9.47 Å². The first-order valence-electron chi connectivity index (χ1n) is 16.3. The highest BCUT2D eigenvalue weighted by Gasteiger charge is 2.53. The molecule has 0 aromatic heterocycles. The molecular weight excluding hydrogens is 520 g/mol. The maximum Gasteiger partial charge on any atom is 0.137 e. The SMILES string of the molecule is CCOc1cc([C@@H](C)C(CCC(C)(C)Cc2ccccc2)C(=O)CC2(C(C)=O)CC(C)(C)C2)cc(OCC)c1C1CC1. The van der Waals surface area contributed by atoms with Crippen molar-refractivity contribution in [1.29, 1.82) is 0 Å². The molecule has 2 saturated carbocycles. The van der Waals surface area contributed by atoms with Gasteiger partial charge in [0.25, 0.3) is 0 Å². The molecule has 230 valence electrons. The van der Waals surface area contributed by atoms with Crippen LogP contribution in [0.3, 0.4) is 0 Å². The first kappa shape index (κ1) is 32.3. The second-order valence-electron chi connectivity index (χ2n) is 14.8. The minimum atomic E-state index is -0.513. The molecule has 2 fully saturated rings. The lowest BCUT2D eigenvalue weighted by molar-refractivity contribution is -0.147. The predicted molar refractivity (Wildman–Crippen MR) is 172 cm³/mol. The number of Topliss-reactive ketones (excluding diaryl/α,β-unsaturated/α-hetero) is 2. The Kier molecular flexibility index (Phi) is 9.95. The Morgan fingerprint density at radius 1 is 0.976 bits per heavy atom. The lowest BCUT2D eigenvalue weighted by atomic mass is 9.50. The van der Waals surface area contributed by atoms with Gasteiger partial charge in [-0.3, -0.25) is 9.59 Å². The highest BCUT2D eigenvalue weighted by molar-refractivity contribution is 5.92. The molecule has 0 saturated heterocycles. The molecule has 2 aliphatic carbocycles. The molecule has 2 aromatic carbocycles. The minimum Gasteiger partial charge on any atom is -0.493 e. The summed E-state index contributed by atoms with van der Waals surface area (Å²) < 4.78 is 12.4. The zero-order valence-corrected chi connectivity index (χ0v) is 27.5. The van der Waals surface area contributed by atoms with Crippen molar-refractivity contribution >= 4 is 11.6 Å². The normalized spacial score (nSPS) is 19.0. The van der Waals surface area contributed by atoms with Crippen LogP contribution in [0, 0.1) is 22.2 Å². The van der Waals surface area contributed by atoms with Crippen LogP contribution in [-0.2, 0) is 16.0 Å². The molecule has 4 rings (SSSR count). The van der Waals surface area contributed by atoms with Gasteiger partial charge in [0.05, 0.1) is 13.2 Å². The highest BCUT2D eigenvalue weighted by Crippen LogP contribution is 2.57. The molecule has 2 aromatic rings. The summed E-state index contributed by atoms with van der Waals surface area (Å²) in [6, 6.07) is 15.0. The summed E-state index contributed by atoms with van der Waals surface area (Å²) in [5, 5.41) is 0. The van der Waals surface area contributed by atoms with Crippen LogP contribution in [0.25, 0.3) is 0 Å². The van der Waals surface area contributed by atoms with Crippen molar-refractivity contribution in [3.05, 3.63) is 59.2 Å². The van der Waals surface area contributed by atoms with Crippen LogP contribution in [0.15, 0.2) is 42.5 Å². The third-order valence-corrected chi connectivity index (χ3v) is 9.81. The van der Waals surface area contributed by atoms with Crippen molar-refractivity contribution in [2.24, 2.45) is 22.2 Å². The quantitative estimate of drug-likeness (QED) is 0.200. The molecular formula is C38H54O4. The van der Waals surface area contributed by atoms with E-state index in [1.807, 2.05) is 13.8 Å². The molecule has 2 atom stereocenters. The molecule has 0 aliphatic heterocycles. The summed E-state index contributed by atoms with van der Waals surface area (Å²) in [5.74, 6) is 2.49. The maximum atomic E-state index is 14.3. The number of hydrogen-bond donors (Lipinski definition) is 0. The summed E-state index contributed by atoms with van der Waals surface area (Å²) in [4.78, 5) is 27.3. The largest absolute Gasteiger partial charge is 0.493 e. The zero-order valence-electron chi connectivity index (χ0n) is 27.5. The van der Waals surface area contributed by atoms with Crippen LogP contribution in [0.5, 0.6) is 11.5 Å². The smallest absolute Gasteiger partial charge is 0.137 e. The summed E-state index contributed by atoms with van der Waals surface area (Å²) in [6.45, 7) is 18.1. The van der Waals surface area contributed by atoms with E-state index < -0.39 is 5.41 Å². The summed E-state index contributed by atoms with van der Waals surface area (Å²) in [5.41, 5.74) is 3.25. The average Bonchev–Trinajstić information content (AvgIpc) is 3.73. The molecule has 2 aliphatic rings. The van der Waals surface area contributed by atoms with Crippen molar-refractivity contribution in [3.8, 4) is 11.5 Å². The van der Waals surface area contributed by atoms with Gasteiger partial charge in [-0.15, -0.1) is 0 Å². The van der Waals surface area contributed by atoms with Gasteiger partial charge in [-0.2, -0.15) is 0 Å². The Morgan fingerprint density at radius 2 is 1.55 bits per heavy atom. The molecule has 0 heterocycles. The fourth-order valence-corrected chi connectivity index (χ4v) is 7.66. The number of carbonyl (C=O) groups is 2. The topological polar surface area (TPSA) is 52.6 Å². The maximum absolute atomic E-state index is 14.3. The van der Waals surface area contributed by atoms with Crippen LogP contribution in [-0.4, -0.2) is 24.8 Å². The van der Waals surface area contributed by atoms with Gasteiger partial charge >= 0.3 is 0 Å². The molecule has 0 spiro atoms. The van der Waals surface area contributed by atoms with Gasteiger partial charge in [-0.1, -0.05) is 65.0 Å². The Bertz CT molecular complexity index is 1200. The van der Waals surface area contributed by atoms with E-state index in [9.17, 15) is 9.59 Å². The van der Waals surface area contributed by atoms with Gasteiger partial charge in [-0.25, -0.2) is 0 Å². The number of rotatable bonds is 16. The molecule has 0 bridgehead atoms. The summed E-state index contributed by atoms with van der Waals surface area (Å²) >= 11 is 0. The number of benzene rings is 2. The standard InChI is InChI=1S/C38H54O4/c1-9-41-33-20-30(21-34(42-10-2)35(33)29-16-17-29)26(3)31(18-19-36(5,6)22-28-14-12-11-13-15-28)32(40)23-38(27(4)39)24-37(7,8)25-38/h11-15,20-21,26,29,31H,9-10,16-19,22-25H2,1-8H3/t26-,31?/m1/s1. The van der Waals surface area contributed by atoms with Crippen LogP contribution in [0.2, 0.25) is 0 Å². The van der Waals surface area contributed by atoms with Crippen molar-refractivity contribution < 1.29 is 19.1 Å². The third-order valence-electron chi connectivity index (χ3n) is 9.81. The van der Waals surface area contributed by atoms with Gasteiger partial charge in [-0.05, 0) is 112 Å². The van der Waals surface area contributed by atoms with Gasteiger partial charge in [0.2, 0.25) is 0 Å². The van der Waals surface area contributed by atoms with E-state index in [0.717, 1.165) is 62.0 Å². The molecule has 4 nitrogen and oxygen atoms in total. The number of ketones is 2. The van der Waals surface area contributed by atoms with Gasteiger partial charge in [0.1, 0.15) is 23.1 Å². The van der Waals surface area contributed by atoms with Crippen LogP contribution in [0.4, 0.5) is 0 Å². The van der Waals surface area contributed by atoms with E-state index in [1.54, 1.807) is 6.92 Å². The first-order chi connectivity index (χ1) is 19.8. The molecule has 1 unspecified atom stereocenters.